The minimum absolute atomic E-state index is 0.0169. The van der Waals surface area contributed by atoms with Crippen molar-refractivity contribution in [3.8, 4) is 23.6 Å². The number of halogens is 1. The van der Waals surface area contributed by atoms with E-state index in [0.29, 0.717) is 16.3 Å². The lowest BCUT2D eigenvalue weighted by atomic mass is 10.1. The zero-order valence-corrected chi connectivity index (χ0v) is 18.4. The molecule has 0 atom stereocenters. The summed E-state index contributed by atoms with van der Waals surface area (Å²) in [6.45, 7) is 0. The Morgan fingerprint density at radius 1 is 1.00 bits per heavy atom. The fourth-order valence-electron chi connectivity index (χ4n) is 2.83. The monoisotopic (exact) mass is 465 g/mol. The number of benzene rings is 3. The van der Waals surface area contributed by atoms with Gasteiger partial charge in [0.25, 0.3) is 0 Å². The first kappa shape index (κ1) is 22.8. The highest BCUT2D eigenvalue weighted by molar-refractivity contribution is 7.90. The third-order valence-electron chi connectivity index (χ3n) is 4.32. The van der Waals surface area contributed by atoms with Crippen LogP contribution in [0.4, 0.5) is 5.69 Å². The fourth-order valence-corrected chi connectivity index (χ4v) is 3.61. The van der Waals surface area contributed by atoms with E-state index in [9.17, 15) is 13.2 Å². The lowest BCUT2D eigenvalue weighted by Crippen LogP contribution is -2.14. The molecule has 0 aromatic heterocycles. The maximum atomic E-state index is 12.4. The Hall–Kier alpha value is -3.85. The number of carbonyl (C=O) groups is 1. The molecule has 32 heavy (non-hydrogen) atoms. The van der Waals surface area contributed by atoms with Crippen LogP contribution >= 0.6 is 11.6 Å². The van der Waals surface area contributed by atoms with Crippen molar-refractivity contribution < 1.29 is 17.9 Å². The van der Waals surface area contributed by atoms with Crippen molar-refractivity contribution in [2.45, 2.75) is 11.3 Å². The molecule has 0 saturated heterocycles. The van der Waals surface area contributed by atoms with Gasteiger partial charge in [-0.2, -0.15) is 10.5 Å². The highest BCUT2D eigenvalue weighted by Gasteiger charge is 2.11. The Labute approximate surface area is 190 Å². The van der Waals surface area contributed by atoms with E-state index in [0.717, 1.165) is 6.26 Å². The average Bonchev–Trinajstić information content (AvgIpc) is 2.75. The van der Waals surface area contributed by atoms with E-state index >= 15 is 0 Å². The molecule has 3 aromatic rings. The Kier molecular flexibility index (Phi) is 6.79. The highest BCUT2D eigenvalue weighted by atomic mass is 35.5. The van der Waals surface area contributed by atoms with Crippen LogP contribution in [0.2, 0.25) is 5.02 Å². The molecular formula is C23H16ClN3O4S. The van der Waals surface area contributed by atoms with Crippen LogP contribution in [0, 0.1) is 22.7 Å². The second-order valence-corrected chi connectivity index (χ2v) is 9.28. The second kappa shape index (κ2) is 9.52. The lowest BCUT2D eigenvalue weighted by Gasteiger charge is -2.11. The van der Waals surface area contributed by atoms with Gasteiger partial charge in [-0.05, 0) is 60.2 Å². The van der Waals surface area contributed by atoms with Gasteiger partial charge >= 0.3 is 0 Å². The van der Waals surface area contributed by atoms with Crippen molar-refractivity contribution in [1.29, 1.82) is 10.5 Å². The van der Waals surface area contributed by atoms with Crippen LogP contribution in [0.3, 0.4) is 0 Å². The van der Waals surface area contributed by atoms with Gasteiger partial charge in [-0.3, -0.25) is 4.79 Å². The number of nitrogens with one attached hydrogen (secondary N) is 1. The summed E-state index contributed by atoms with van der Waals surface area (Å²) in [4.78, 5) is 12.6. The number of ether oxygens (including phenoxy) is 1. The van der Waals surface area contributed by atoms with Crippen LogP contribution in [0.25, 0.3) is 0 Å². The van der Waals surface area contributed by atoms with E-state index in [-0.39, 0.29) is 39.8 Å². The standard InChI is InChI=1S/C23H16ClN3O4S/c1-32(29,30)20-5-3-18(4-6-20)27-23(28)12-15-2-7-21(24)22(11-15)31-19-9-16(13-25)8-17(10-19)14-26/h2-11H,12H2,1H3,(H,27,28). The van der Waals surface area contributed by atoms with Gasteiger partial charge in [-0.15, -0.1) is 0 Å². The molecule has 0 saturated carbocycles. The van der Waals surface area contributed by atoms with Gasteiger partial charge in [-0.1, -0.05) is 17.7 Å². The molecule has 0 aliphatic heterocycles. The number of carbonyl (C=O) groups excluding carboxylic acids is 1. The van der Waals surface area contributed by atoms with Gasteiger partial charge in [0.05, 0.1) is 39.6 Å². The van der Waals surface area contributed by atoms with Gasteiger partial charge < -0.3 is 10.1 Å². The first-order valence-electron chi connectivity index (χ1n) is 9.19. The van der Waals surface area contributed by atoms with Crippen molar-refractivity contribution in [3.63, 3.8) is 0 Å². The number of hydrogen-bond acceptors (Lipinski definition) is 6. The summed E-state index contributed by atoms with van der Waals surface area (Å²) in [6, 6.07) is 19.1. The van der Waals surface area contributed by atoms with Gasteiger partial charge in [0.15, 0.2) is 9.84 Å². The molecule has 1 N–H and O–H groups in total. The molecular weight excluding hydrogens is 450 g/mol. The molecule has 0 radical (unpaired) electrons. The summed E-state index contributed by atoms with van der Waals surface area (Å²) in [5, 5.41) is 21.2. The summed E-state index contributed by atoms with van der Waals surface area (Å²) in [5.74, 6) is 0.229. The summed E-state index contributed by atoms with van der Waals surface area (Å²) in [5.41, 5.74) is 1.62. The highest BCUT2D eigenvalue weighted by Crippen LogP contribution is 2.31. The molecule has 160 valence electrons. The van der Waals surface area contributed by atoms with Crippen molar-refractivity contribution >= 4 is 33.0 Å². The van der Waals surface area contributed by atoms with Crippen molar-refractivity contribution in [1.82, 2.24) is 0 Å². The Morgan fingerprint density at radius 2 is 1.62 bits per heavy atom. The normalized spacial score (nSPS) is 10.6. The first-order valence-corrected chi connectivity index (χ1v) is 11.5. The predicted octanol–water partition coefficient (Wildman–Crippen LogP) is 4.46. The SMILES string of the molecule is CS(=O)(=O)c1ccc(NC(=O)Cc2ccc(Cl)c(Oc3cc(C#N)cc(C#N)c3)c2)cc1. The van der Waals surface area contributed by atoms with E-state index in [1.165, 1.54) is 42.5 Å². The minimum atomic E-state index is -3.32. The summed E-state index contributed by atoms with van der Waals surface area (Å²) in [7, 11) is -3.32. The van der Waals surface area contributed by atoms with Crippen molar-refractivity contribution in [2.75, 3.05) is 11.6 Å². The van der Waals surface area contributed by atoms with Crippen LogP contribution < -0.4 is 10.1 Å². The summed E-state index contributed by atoms with van der Waals surface area (Å²) >= 11 is 6.21. The smallest absolute Gasteiger partial charge is 0.228 e. The maximum Gasteiger partial charge on any atom is 0.228 e. The van der Waals surface area contributed by atoms with Gasteiger partial charge in [0.2, 0.25) is 5.91 Å². The Bertz CT molecular complexity index is 1340. The molecule has 3 rings (SSSR count). The van der Waals surface area contributed by atoms with Gasteiger partial charge in [0.1, 0.15) is 11.5 Å². The molecule has 0 heterocycles. The van der Waals surface area contributed by atoms with E-state index in [4.69, 9.17) is 26.9 Å². The molecule has 0 unspecified atom stereocenters. The van der Waals surface area contributed by atoms with E-state index in [1.54, 1.807) is 18.2 Å². The molecule has 0 aliphatic carbocycles. The van der Waals surface area contributed by atoms with E-state index in [1.807, 2.05) is 12.1 Å². The van der Waals surface area contributed by atoms with E-state index < -0.39 is 9.84 Å². The van der Waals surface area contributed by atoms with Crippen molar-refractivity contribution in [3.05, 3.63) is 82.4 Å². The average molecular weight is 466 g/mol. The molecule has 0 aliphatic rings. The third-order valence-corrected chi connectivity index (χ3v) is 5.76. The topological polar surface area (TPSA) is 120 Å². The number of amides is 1. The number of nitrogens with zero attached hydrogens (tertiary/aromatic N) is 2. The molecule has 0 fully saturated rings. The fraction of sp³-hybridized carbons (Fsp3) is 0.0870. The quantitative estimate of drug-likeness (QED) is 0.573. The maximum absolute atomic E-state index is 12.4. The third kappa shape index (κ3) is 5.86. The molecule has 7 nitrogen and oxygen atoms in total. The van der Waals surface area contributed by atoms with Crippen LogP contribution in [0.1, 0.15) is 16.7 Å². The number of hydrogen-bond donors (Lipinski definition) is 1. The van der Waals surface area contributed by atoms with Gasteiger partial charge in [0, 0.05) is 11.9 Å². The van der Waals surface area contributed by atoms with Gasteiger partial charge in [-0.25, -0.2) is 8.42 Å². The molecule has 0 bridgehead atoms. The number of nitriles is 2. The first-order chi connectivity index (χ1) is 15.2. The summed E-state index contributed by atoms with van der Waals surface area (Å²) < 4.78 is 28.8. The largest absolute Gasteiger partial charge is 0.456 e. The molecule has 3 aromatic carbocycles. The van der Waals surface area contributed by atoms with Crippen LogP contribution in [0.5, 0.6) is 11.5 Å². The van der Waals surface area contributed by atoms with Crippen molar-refractivity contribution in [2.24, 2.45) is 0 Å². The zero-order valence-electron chi connectivity index (χ0n) is 16.8. The summed E-state index contributed by atoms with van der Waals surface area (Å²) in [6.07, 6.45) is 1.13. The number of anilines is 1. The lowest BCUT2D eigenvalue weighted by molar-refractivity contribution is -0.115. The van der Waals surface area contributed by atoms with E-state index in [2.05, 4.69) is 5.32 Å². The molecule has 1 amide bonds. The van der Waals surface area contributed by atoms with Crippen LogP contribution in [-0.4, -0.2) is 20.6 Å². The van der Waals surface area contributed by atoms with Crippen LogP contribution in [-0.2, 0) is 21.1 Å². The minimum Gasteiger partial charge on any atom is -0.456 e. The second-order valence-electron chi connectivity index (χ2n) is 6.86. The van der Waals surface area contributed by atoms with Crippen LogP contribution in [0.15, 0.2) is 65.6 Å². The molecule has 0 spiro atoms. The number of sulfone groups is 1. The Morgan fingerprint density at radius 3 is 2.19 bits per heavy atom. The zero-order chi connectivity index (χ0) is 23.3. The Balaban J connectivity index is 1.74. The predicted molar refractivity (Wildman–Crippen MR) is 119 cm³/mol. The number of rotatable bonds is 6. The molecule has 9 heteroatoms.